The van der Waals surface area contributed by atoms with Crippen LogP contribution < -0.4 is 9.62 Å². The van der Waals surface area contributed by atoms with Crippen molar-refractivity contribution in [1.29, 1.82) is 0 Å². The van der Waals surface area contributed by atoms with E-state index in [1.54, 1.807) is 36.4 Å². The molecule has 0 fully saturated rings. The third-order valence-corrected chi connectivity index (χ3v) is 7.30. The van der Waals surface area contributed by atoms with Crippen LogP contribution in [0, 0.1) is 19.8 Å². The lowest BCUT2D eigenvalue weighted by atomic mass is 9.97. The molecule has 3 aromatic rings. The number of amides is 1. The molecule has 0 aliphatic rings. The topological polar surface area (TPSA) is 66.5 Å². The normalized spacial score (nSPS) is 12.4. The average Bonchev–Trinajstić information content (AvgIpc) is 2.78. The fraction of sp³-hybridized carbons (Fsp3) is 0.296. The van der Waals surface area contributed by atoms with Crippen LogP contribution in [0.25, 0.3) is 0 Å². The van der Waals surface area contributed by atoms with E-state index in [1.807, 2.05) is 56.3 Å². The first-order valence-electron chi connectivity index (χ1n) is 11.2. The van der Waals surface area contributed by atoms with Gasteiger partial charge in [0.1, 0.15) is 6.54 Å². The molecule has 0 bridgehead atoms. The SMILES string of the molecule is Cc1ccc(S(=O)(=O)N(CC(=O)NC(CC(C)C)c2ccccc2)c2ccccc2C)cc1. The Hall–Kier alpha value is -3.12. The van der Waals surface area contributed by atoms with E-state index in [0.717, 1.165) is 23.1 Å². The number of aryl methyl sites for hydroxylation is 2. The molecule has 0 saturated carbocycles. The van der Waals surface area contributed by atoms with Gasteiger partial charge in [0.25, 0.3) is 10.0 Å². The molecule has 1 N–H and O–H groups in total. The zero-order valence-electron chi connectivity index (χ0n) is 19.7. The fourth-order valence-corrected chi connectivity index (χ4v) is 5.27. The van der Waals surface area contributed by atoms with E-state index in [-0.39, 0.29) is 23.4 Å². The van der Waals surface area contributed by atoms with Crippen molar-refractivity contribution in [1.82, 2.24) is 5.32 Å². The molecular weight excluding hydrogens is 432 g/mol. The molecule has 0 aromatic heterocycles. The third-order valence-electron chi connectivity index (χ3n) is 5.52. The lowest BCUT2D eigenvalue weighted by Crippen LogP contribution is -2.42. The largest absolute Gasteiger partial charge is 0.348 e. The minimum atomic E-state index is -3.94. The van der Waals surface area contributed by atoms with Gasteiger partial charge in [-0.15, -0.1) is 0 Å². The quantitative estimate of drug-likeness (QED) is 0.461. The van der Waals surface area contributed by atoms with Gasteiger partial charge in [-0.25, -0.2) is 8.42 Å². The molecule has 0 saturated heterocycles. The van der Waals surface area contributed by atoms with Crippen LogP contribution in [-0.2, 0) is 14.8 Å². The van der Waals surface area contributed by atoms with E-state index in [2.05, 4.69) is 19.2 Å². The summed E-state index contributed by atoms with van der Waals surface area (Å²) < 4.78 is 28.4. The molecule has 0 radical (unpaired) electrons. The first kappa shape index (κ1) is 24.5. The van der Waals surface area contributed by atoms with Gasteiger partial charge < -0.3 is 5.32 Å². The second-order valence-electron chi connectivity index (χ2n) is 8.77. The van der Waals surface area contributed by atoms with Crippen molar-refractivity contribution in [2.24, 2.45) is 5.92 Å². The summed E-state index contributed by atoms with van der Waals surface area (Å²) in [5.41, 5.74) is 3.24. The Kier molecular flexibility index (Phi) is 7.92. The summed E-state index contributed by atoms with van der Waals surface area (Å²) in [5, 5.41) is 3.07. The molecule has 0 aliphatic heterocycles. The Bertz CT molecular complexity index is 1170. The minimum absolute atomic E-state index is 0.158. The molecule has 33 heavy (non-hydrogen) atoms. The number of benzene rings is 3. The van der Waals surface area contributed by atoms with E-state index in [9.17, 15) is 13.2 Å². The summed E-state index contributed by atoms with van der Waals surface area (Å²) in [6.45, 7) is 7.65. The van der Waals surface area contributed by atoms with Gasteiger partial charge in [0.05, 0.1) is 16.6 Å². The van der Waals surface area contributed by atoms with Gasteiger partial charge in [-0.05, 0) is 55.5 Å². The predicted octanol–water partition coefficient (Wildman–Crippen LogP) is 5.40. The van der Waals surface area contributed by atoms with E-state index in [0.29, 0.717) is 11.6 Å². The lowest BCUT2D eigenvalue weighted by molar-refractivity contribution is -0.120. The van der Waals surface area contributed by atoms with Crippen LogP contribution in [0.2, 0.25) is 0 Å². The molecule has 5 nitrogen and oxygen atoms in total. The van der Waals surface area contributed by atoms with Crippen LogP contribution >= 0.6 is 0 Å². The van der Waals surface area contributed by atoms with Crippen molar-refractivity contribution < 1.29 is 13.2 Å². The minimum Gasteiger partial charge on any atom is -0.348 e. The van der Waals surface area contributed by atoms with Crippen LogP contribution in [0.1, 0.15) is 43.0 Å². The van der Waals surface area contributed by atoms with Crippen molar-refractivity contribution in [3.05, 3.63) is 95.6 Å². The van der Waals surface area contributed by atoms with Crippen molar-refractivity contribution in [3.8, 4) is 0 Å². The number of rotatable bonds is 9. The van der Waals surface area contributed by atoms with Gasteiger partial charge in [-0.1, -0.05) is 80.1 Å². The molecule has 6 heteroatoms. The Morgan fingerprint density at radius 2 is 1.48 bits per heavy atom. The molecule has 0 spiro atoms. The monoisotopic (exact) mass is 464 g/mol. The summed E-state index contributed by atoms with van der Waals surface area (Å²) in [7, 11) is -3.94. The van der Waals surface area contributed by atoms with Gasteiger partial charge in [0.2, 0.25) is 5.91 Å². The molecule has 3 rings (SSSR count). The van der Waals surface area contributed by atoms with Crippen molar-refractivity contribution in [2.75, 3.05) is 10.8 Å². The highest BCUT2D eigenvalue weighted by Crippen LogP contribution is 2.27. The first-order valence-corrected chi connectivity index (χ1v) is 12.6. The van der Waals surface area contributed by atoms with E-state index < -0.39 is 10.0 Å². The highest BCUT2D eigenvalue weighted by molar-refractivity contribution is 7.92. The smallest absolute Gasteiger partial charge is 0.264 e. The number of nitrogens with zero attached hydrogens (tertiary/aromatic N) is 1. The van der Waals surface area contributed by atoms with Crippen LogP contribution in [-0.4, -0.2) is 20.9 Å². The van der Waals surface area contributed by atoms with Gasteiger partial charge >= 0.3 is 0 Å². The van der Waals surface area contributed by atoms with Gasteiger partial charge in [-0.2, -0.15) is 0 Å². The van der Waals surface area contributed by atoms with E-state index in [1.165, 1.54) is 4.31 Å². The second-order valence-corrected chi connectivity index (χ2v) is 10.6. The van der Waals surface area contributed by atoms with Gasteiger partial charge in [0, 0.05) is 0 Å². The lowest BCUT2D eigenvalue weighted by Gasteiger charge is -2.27. The molecule has 0 heterocycles. The second kappa shape index (κ2) is 10.7. The highest BCUT2D eigenvalue weighted by Gasteiger charge is 2.29. The first-order chi connectivity index (χ1) is 15.7. The molecule has 1 amide bonds. The maximum Gasteiger partial charge on any atom is 0.264 e. The molecule has 1 unspecified atom stereocenters. The van der Waals surface area contributed by atoms with Crippen molar-refractivity contribution in [2.45, 2.75) is 45.1 Å². The Balaban J connectivity index is 1.94. The average molecular weight is 465 g/mol. The van der Waals surface area contributed by atoms with Gasteiger partial charge in [-0.3, -0.25) is 9.10 Å². The number of carbonyl (C=O) groups is 1. The van der Waals surface area contributed by atoms with Crippen LogP contribution in [0.4, 0.5) is 5.69 Å². The maximum absolute atomic E-state index is 13.6. The fourth-order valence-electron chi connectivity index (χ4n) is 3.79. The third kappa shape index (κ3) is 6.23. The zero-order valence-corrected chi connectivity index (χ0v) is 20.5. The standard InChI is InChI=1S/C27H32N2O3S/c1-20(2)18-25(23-11-6-5-7-12-23)28-27(30)19-29(26-13-9-8-10-22(26)4)33(31,32)24-16-14-21(3)15-17-24/h5-17,20,25H,18-19H2,1-4H3,(H,28,30). The summed E-state index contributed by atoms with van der Waals surface area (Å²) in [6.07, 6.45) is 0.755. The van der Waals surface area contributed by atoms with Crippen LogP contribution in [0.5, 0.6) is 0 Å². The summed E-state index contributed by atoms with van der Waals surface area (Å²) >= 11 is 0. The highest BCUT2D eigenvalue weighted by atomic mass is 32.2. The Morgan fingerprint density at radius 3 is 2.09 bits per heavy atom. The molecule has 3 aromatic carbocycles. The number of sulfonamides is 1. The van der Waals surface area contributed by atoms with Gasteiger partial charge in [0.15, 0.2) is 0 Å². The van der Waals surface area contributed by atoms with Crippen LogP contribution in [0.15, 0.2) is 83.8 Å². The number of nitrogens with one attached hydrogen (secondary N) is 1. The molecule has 174 valence electrons. The molecule has 0 aliphatic carbocycles. The number of anilines is 1. The van der Waals surface area contributed by atoms with E-state index in [4.69, 9.17) is 0 Å². The molecular formula is C27H32N2O3S. The zero-order chi connectivity index (χ0) is 24.0. The van der Waals surface area contributed by atoms with Crippen molar-refractivity contribution in [3.63, 3.8) is 0 Å². The molecule has 1 atom stereocenters. The Morgan fingerprint density at radius 1 is 0.879 bits per heavy atom. The number of hydrogen-bond acceptors (Lipinski definition) is 3. The maximum atomic E-state index is 13.6. The number of carbonyl (C=O) groups excluding carboxylic acids is 1. The number of hydrogen-bond donors (Lipinski definition) is 1. The van der Waals surface area contributed by atoms with Crippen molar-refractivity contribution >= 4 is 21.6 Å². The summed E-state index contributed by atoms with van der Waals surface area (Å²) in [5.74, 6) is 0.0164. The number of para-hydroxylation sites is 1. The summed E-state index contributed by atoms with van der Waals surface area (Å²) in [4.78, 5) is 13.4. The Labute approximate surface area is 197 Å². The summed E-state index contributed by atoms with van der Waals surface area (Å²) in [6, 6.07) is 23.5. The predicted molar refractivity (Wildman–Crippen MR) is 134 cm³/mol. The van der Waals surface area contributed by atoms with Crippen LogP contribution in [0.3, 0.4) is 0 Å². The van der Waals surface area contributed by atoms with E-state index >= 15 is 0 Å².